The van der Waals surface area contributed by atoms with Crippen molar-refractivity contribution in [2.45, 2.75) is 44.9 Å². The number of fused-ring (bicyclic) bond motifs is 2. The highest BCUT2D eigenvalue weighted by Gasteiger charge is 2.41. The molecule has 0 unspecified atom stereocenters. The van der Waals surface area contributed by atoms with Gasteiger partial charge in [0.15, 0.2) is 11.6 Å². The quantitative estimate of drug-likeness (QED) is 0.383. The van der Waals surface area contributed by atoms with Crippen molar-refractivity contribution in [1.29, 1.82) is 0 Å². The molecule has 1 heterocycles. The van der Waals surface area contributed by atoms with Gasteiger partial charge in [0, 0.05) is 22.3 Å². The van der Waals surface area contributed by atoms with Crippen LogP contribution in [0.2, 0.25) is 0 Å². The van der Waals surface area contributed by atoms with Gasteiger partial charge in [-0.2, -0.15) is 0 Å². The lowest BCUT2D eigenvalue weighted by molar-refractivity contribution is -0.150. The second-order valence-corrected chi connectivity index (χ2v) is 7.11. The number of ketones is 2. The Morgan fingerprint density at radius 2 is 1.00 bits per heavy atom. The molecule has 5 aliphatic carbocycles. The van der Waals surface area contributed by atoms with Crippen LogP contribution in [-0.4, -0.2) is 23.5 Å². The van der Waals surface area contributed by atoms with Crippen LogP contribution in [0.25, 0.3) is 0 Å². The summed E-state index contributed by atoms with van der Waals surface area (Å²) in [7, 11) is 0. The first-order chi connectivity index (χ1) is 12.5. The summed E-state index contributed by atoms with van der Waals surface area (Å²) in [6, 6.07) is 0. The third kappa shape index (κ3) is 1.99. The standard InChI is InChI=1S/C21H14O5/c22-14-9-15(23)17-11-2-1-10(16(14)17)3-5-12-7-8-13(6-4-11)19-18(12)20(24)26-21(19)25/h3-9H2. The molecule has 0 atom stereocenters. The molecule has 0 spiro atoms. The maximum atomic E-state index is 12.3. The predicted octanol–water partition coefficient (Wildman–Crippen LogP) is 2.49. The van der Waals surface area contributed by atoms with E-state index in [1.807, 2.05) is 0 Å². The van der Waals surface area contributed by atoms with Crippen molar-refractivity contribution >= 4 is 23.5 Å². The van der Waals surface area contributed by atoms with Gasteiger partial charge in [-0.25, -0.2) is 9.59 Å². The number of hydrogen-bond acceptors (Lipinski definition) is 5. The lowest BCUT2D eigenvalue weighted by Gasteiger charge is -2.22. The molecular formula is C21H14O5. The van der Waals surface area contributed by atoms with Crippen molar-refractivity contribution < 1.29 is 23.9 Å². The Labute approximate surface area is 149 Å². The lowest BCUT2D eigenvalue weighted by atomic mass is 9.79. The second kappa shape index (κ2) is 5.25. The Bertz CT molecular complexity index is 978. The molecule has 0 N–H and O–H groups in total. The fourth-order valence-electron chi connectivity index (χ4n) is 4.53. The van der Waals surface area contributed by atoms with E-state index in [4.69, 9.17) is 4.74 Å². The van der Waals surface area contributed by atoms with Gasteiger partial charge in [0.2, 0.25) is 0 Å². The number of esters is 2. The van der Waals surface area contributed by atoms with E-state index in [0.29, 0.717) is 72.0 Å². The second-order valence-electron chi connectivity index (χ2n) is 7.11. The summed E-state index contributed by atoms with van der Waals surface area (Å²) in [5.41, 5.74) is 11.1. The number of hydrogen-bond donors (Lipinski definition) is 0. The molecule has 1 saturated heterocycles. The zero-order chi connectivity index (χ0) is 18.0. The third-order valence-corrected chi connectivity index (χ3v) is 5.73. The van der Waals surface area contributed by atoms with Gasteiger partial charge < -0.3 is 4.74 Å². The summed E-state index contributed by atoms with van der Waals surface area (Å²) in [4.78, 5) is 49.0. The van der Waals surface area contributed by atoms with Gasteiger partial charge in [-0.05, 0) is 38.5 Å². The van der Waals surface area contributed by atoms with Crippen LogP contribution in [0.4, 0.5) is 0 Å². The maximum absolute atomic E-state index is 12.3. The summed E-state index contributed by atoms with van der Waals surface area (Å²) in [5, 5.41) is 0. The smallest absolute Gasteiger partial charge is 0.346 e. The molecule has 1 aliphatic heterocycles. The molecule has 0 aromatic carbocycles. The van der Waals surface area contributed by atoms with E-state index in [9.17, 15) is 19.2 Å². The summed E-state index contributed by atoms with van der Waals surface area (Å²) in [6.07, 6.45) is 3.38. The van der Waals surface area contributed by atoms with Crippen molar-refractivity contribution in [3.05, 3.63) is 56.0 Å². The van der Waals surface area contributed by atoms with Crippen molar-refractivity contribution in [3.8, 4) is 0 Å². The minimum absolute atomic E-state index is 0.0896. The normalized spacial score (nSPS) is 24.6. The fraction of sp³-hybridized carbons (Fsp3) is 0.333. The number of allylic oxidation sites excluding steroid dienone is 6. The number of ether oxygens (including phenoxy) is 1. The summed E-state index contributed by atoms with van der Waals surface area (Å²) in [6.45, 7) is 0. The molecule has 0 aromatic rings. The largest absolute Gasteiger partial charge is 0.386 e. The zero-order valence-corrected chi connectivity index (χ0v) is 14.0. The van der Waals surface area contributed by atoms with Gasteiger partial charge in [-0.3, -0.25) is 9.59 Å². The number of carbonyl (C=O) groups excluding carboxylic acids is 4. The topological polar surface area (TPSA) is 77.5 Å². The molecule has 6 rings (SSSR count). The van der Waals surface area contributed by atoms with Crippen LogP contribution in [0, 0.1) is 0 Å². The van der Waals surface area contributed by atoms with Crippen LogP contribution in [0.15, 0.2) is 56.0 Å². The summed E-state index contributed by atoms with van der Waals surface area (Å²) < 4.78 is 4.87. The van der Waals surface area contributed by atoms with Crippen LogP contribution in [0.5, 0.6) is 0 Å². The zero-order valence-electron chi connectivity index (χ0n) is 14.0. The van der Waals surface area contributed by atoms with Gasteiger partial charge in [0.25, 0.3) is 0 Å². The Morgan fingerprint density at radius 1 is 0.577 bits per heavy atom. The van der Waals surface area contributed by atoms with Crippen molar-refractivity contribution in [1.82, 2.24) is 0 Å². The van der Waals surface area contributed by atoms with E-state index < -0.39 is 11.9 Å². The van der Waals surface area contributed by atoms with Gasteiger partial charge in [-0.15, -0.1) is 0 Å². The molecule has 6 aliphatic rings. The number of Topliss-reactive ketones (excluding diaryl/α,β-unsaturated/α-hetero) is 2. The van der Waals surface area contributed by atoms with E-state index >= 15 is 0 Å². The minimum atomic E-state index is -0.560. The van der Waals surface area contributed by atoms with Gasteiger partial charge in [0.05, 0.1) is 17.6 Å². The average Bonchev–Trinajstić information content (AvgIpc) is 3.07. The molecule has 0 aromatic heterocycles. The fourth-order valence-corrected chi connectivity index (χ4v) is 4.53. The highest BCUT2D eigenvalue weighted by molar-refractivity contribution is 6.26. The molecule has 5 nitrogen and oxygen atoms in total. The minimum Gasteiger partial charge on any atom is -0.386 e. The van der Waals surface area contributed by atoms with Gasteiger partial charge in [-0.1, -0.05) is 22.6 Å². The molecule has 5 heteroatoms. The van der Waals surface area contributed by atoms with Crippen LogP contribution in [-0.2, 0) is 23.9 Å². The number of carbonyl (C=O) groups is 4. The first-order valence-electron chi connectivity index (χ1n) is 8.80. The molecule has 26 heavy (non-hydrogen) atoms. The van der Waals surface area contributed by atoms with Crippen LogP contribution in [0.1, 0.15) is 44.9 Å². The molecule has 128 valence electrons. The average molecular weight is 346 g/mol. The predicted molar refractivity (Wildman–Crippen MR) is 88.6 cm³/mol. The summed E-state index contributed by atoms with van der Waals surface area (Å²) >= 11 is 0. The molecular weight excluding hydrogens is 332 g/mol. The van der Waals surface area contributed by atoms with Crippen molar-refractivity contribution in [2.75, 3.05) is 0 Å². The first-order valence-corrected chi connectivity index (χ1v) is 8.80. The van der Waals surface area contributed by atoms with Crippen LogP contribution < -0.4 is 0 Å². The monoisotopic (exact) mass is 346 g/mol. The van der Waals surface area contributed by atoms with Crippen molar-refractivity contribution in [2.24, 2.45) is 0 Å². The number of cyclic esters (lactones) is 2. The Balaban J connectivity index is 1.68. The first kappa shape index (κ1) is 15.3. The van der Waals surface area contributed by atoms with E-state index in [1.165, 1.54) is 0 Å². The van der Waals surface area contributed by atoms with E-state index in [-0.39, 0.29) is 18.0 Å². The van der Waals surface area contributed by atoms with Gasteiger partial charge in [0.1, 0.15) is 0 Å². The molecule has 0 radical (unpaired) electrons. The van der Waals surface area contributed by atoms with Crippen LogP contribution in [0.3, 0.4) is 0 Å². The van der Waals surface area contributed by atoms with E-state index in [0.717, 1.165) is 11.1 Å². The summed E-state index contributed by atoms with van der Waals surface area (Å²) in [5.74, 6) is -1.42. The molecule has 4 bridgehead atoms. The maximum Gasteiger partial charge on any atom is 0.346 e. The SMILES string of the molecule is O=C1CC(=O)C2=C1C1=C=C=C2CCC2=C3C(=O)OC(=O)C3=C(CC1)CC2. The van der Waals surface area contributed by atoms with Crippen molar-refractivity contribution in [3.63, 3.8) is 0 Å². The Kier molecular flexibility index (Phi) is 3.08. The van der Waals surface area contributed by atoms with Crippen LogP contribution >= 0.6 is 0 Å². The van der Waals surface area contributed by atoms with Gasteiger partial charge >= 0.3 is 11.9 Å². The molecule has 0 amide bonds. The molecule has 1 fully saturated rings. The highest BCUT2D eigenvalue weighted by Crippen LogP contribution is 2.43. The molecule has 0 saturated carbocycles. The van der Waals surface area contributed by atoms with E-state index in [2.05, 4.69) is 11.5 Å². The highest BCUT2D eigenvalue weighted by atomic mass is 16.6. The Hall–Kier alpha value is -3.00. The van der Waals surface area contributed by atoms with E-state index in [1.54, 1.807) is 0 Å². The lowest BCUT2D eigenvalue weighted by Crippen LogP contribution is -2.12. The third-order valence-electron chi connectivity index (χ3n) is 5.73. The Morgan fingerprint density at radius 3 is 1.46 bits per heavy atom. The number of rotatable bonds is 0.